The van der Waals surface area contributed by atoms with Gasteiger partial charge in [-0.15, -0.1) is 0 Å². The SMILES string of the molecule is CCCCN1CCNC(c2ccccc2)C1. The van der Waals surface area contributed by atoms with Crippen LogP contribution in [0.5, 0.6) is 0 Å². The largest absolute Gasteiger partial charge is 0.308 e. The molecule has 2 rings (SSSR count). The highest BCUT2D eigenvalue weighted by atomic mass is 15.2. The molecule has 2 heteroatoms. The molecule has 0 amide bonds. The number of hydrogen-bond donors (Lipinski definition) is 1. The van der Waals surface area contributed by atoms with E-state index in [9.17, 15) is 0 Å². The van der Waals surface area contributed by atoms with Crippen molar-refractivity contribution in [3.8, 4) is 0 Å². The fourth-order valence-corrected chi connectivity index (χ4v) is 2.30. The Bertz CT molecular complexity index is 297. The van der Waals surface area contributed by atoms with Crippen molar-refractivity contribution in [2.75, 3.05) is 26.2 Å². The quantitative estimate of drug-likeness (QED) is 0.835. The molecule has 1 N–H and O–H groups in total. The molecule has 0 saturated carbocycles. The lowest BCUT2D eigenvalue weighted by Gasteiger charge is -2.33. The van der Waals surface area contributed by atoms with E-state index in [1.54, 1.807) is 0 Å². The van der Waals surface area contributed by atoms with Crippen LogP contribution in [0.2, 0.25) is 0 Å². The Kier molecular flexibility index (Phi) is 4.37. The Morgan fingerprint density at radius 1 is 1.31 bits per heavy atom. The van der Waals surface area contributed by atoms with E-state index in [0.717, 1.165) is 13.1 Å². The number of rotatable bonds is 4. The number of nitrogens with one attached hydrogen (secondary N) is 1. The van der Waals surface area contributed by atoms with Crippen molar-refractivity contribution in [2.24, 2.45) is 0 Å². The van der Waals surface area contributed by atoms with Gasteiger partial charge in [-0.2, -0.15) is 0 Å². The summed E-state index contributed by atoms with van der Waals surface area (Å²) in [5.74, 6) is 0. The van der Waals surface area contributed by atoms with E-state index >= 15 is 0 Å². The van der Waals surface area contributed by atoms with E-state index in [-0.39, 0.29) is 0 Å². The Labute approximate surface area is 98.7 Å². The Morgan fingerprint density at radius 3 is 2.88 bits per heavy atom. The van der Waals surface area contributed by atoms with Crippen LogP contribution < -0.4 is 5.32 Å². The lowest BCUT2D eigenvalue weighted by atomic mass is 10.0. The molecule has 1 unspecified atom stereocenters. The van der Waals surface area contributed by atoms with Crippen LogP contribution in [0, 0.1) is 0 Å². The topological polar surface area (TPSA) is 15.3 Å². The summed E-state index contributed by atoms with van der Waals surface area (Å²) in [6, 6.07) is 11.3. The average molecular weight is 218 g/mol. The first kappa shape index (κ1) is 11.6. The minimum absolute atomic E-state index is 0.520. The predicted octanol–water partition coefficient (Wildman–Crippen LogP) is 2.43. The molecule has 1 saturated heterocycles. The van der Waals surface area contributed by atoms with E-state index in [1.165, 1.54) is 31.5 Å². The monoisotopic (exact) mass is 218 g/mol. The summed E-state index contributed by atoms with van der Waals surface area (Å²) in [5, 5.41) is 3.60. The van der Waals surface area contributed by atoms with Crippen LogP contribution >= 0.6 is 0 Å². The minimum Gasteiger partial charge on any atom is -0.308 e. The molecular formula is C14H22N2. The molecule has 88 valence electrons. The minimum atomic E-state index is 0.520. The summed E-state index contributed by atoms with van der Waals surface area (Å²) < 4.78 is 0. The summed E-state index contributed by atoms with van der Waals surface area (Å²) >= 11 is 0. The predicted molar refractivity (Wildman–Crippen MR) is 68.5 cm³/mol. The zero-order chi connectivity index (χ0) is 11.2. The molecule has 0 spiro atoms. The first-order chi connectivity index (χ1) is 7.90. The summed E-state index contributed by atoms with van der Waals surface area (Å²) in [5.41, 5.74) is 1.42. The summed E-state index contributed by atoms with van der Waals surface area (Å²) in [6.07, 6.45) is 2.61. The maximum atomic E-state index is 3.60. The van der Waals surface area contributed by atoms with Crippen LogP contribution in [0.15, 0.2) is 30.3 Å². The van der Waals surface area contributed by atoms with Gasteiger partial charge in [0.05, 0.1) is 0 Å². The standard InChI is InChI=1S/C14H22N2/c1-2-3-10-16-11-9-15-14(12-16)13-7-5-4-6-8-13/h4-8,14-15H,2-3,9-12H2,1H3. The van der Waals surface area contributed by atoms with Gasteiger partial charge in [0.25, 0.3) is 0 Å². The fraction of sp³-hybridized carbons (Fsp3) is 0.571. The van der Waals surface area contributed by atoms with Crippen molar-refractivity contribution in [2.45, 2.75) is 25.8 Å². The summed E-state index contributed by atoms with van der Waals surface area (Å²) in [7, 11) is 0. The van der Waals surface area contributed by atoms with Gasteiger partial charge in [-0.05, 0) is 18.5 Å². The molecule has 1 aliphatic heterocycles. The lowest BCUT2D eigenvalue weighted by Crippen LogP contribution is -2.45. The van der Waals surface area contributed by atoms with E-state index in [4.69, 9.17) is 0 Å². The molecule has 0 aliphatic carbocycles. The van der Waals surface area contributed by atoms with Gasteiger partial charge in [-0.1, -0.05) is 43.7 Å². The average Bonchev–Trinajstić information content (AvgIpc) is 2.38. The van der Waals surface area contributed by atoms with E-state index < -0.39 is 0 Å². The molecule has 1 aliphatic rings. The summed E-state index contributed by atoms with van der Waals surface area (Å²) in [6.45, 7) is 6.98. The zero-order valence-electron chi connectivity index (χ0n) is 10.2. The van der Waals surface area contributed by atoms with Crippen molar-refractivity contribution in [1.82, 2.24) is 10.2 Å². The molecule has 0 bridgehead atoms. The molecule has 1 aromatic carbocycles. The highest BCUT2D eigenvalue weighted by molar-refractivity contribution is 5.19. The highest BCUT2D eigenvalue weighted by Gasteiger charge is 2.19. The first-order valence-electron chi connectivity index (χ1n) is 6.41. The van der Waals surface area contributed by atoms with Crippen LogP contribution in [-0.2, 0) is 0 Å². The molecule has 0 radical (unpaired) electrons. The van der Waals surface area contributed by atoms with Crippen molar-refractivity contribution < 1.29 is 0 Å². The Hall–Kier alpha value is -0.860. The van der Waals surface area contributed by atoms with Crippen molar-refractivity contribution in [3.05, 3.63) is 35.9 Å². The molecule has 1 fully saturated rings. The zero-order valence-corrected chi connectivity index (χ0v) is 10.2. The Balaban J connectivity index is 1.91. The number of nitrogens with zero attached hydrogens (tertiary/aromatic N) is 1. The first-order valence-corrected chi connectivity index (χ1v) is 6.41. The molecule has 16 heavy (non-hydrogen) atoms. The molecule has 0 aromatic heterocycles. The maximum Gasteiger partial charge on any atom is 0.0449 e. The molecule has 1 aromatic rings. The van der Waals surface area contributed by atoms with Crippen molar-refractivity contribution in [1.29, 1.82) is 0 Å². The van der Waals surface area contributed by atoms with Crippen LogP contribution in [0.4, 0.5) is 0 Å². The number of unbranched alkanes of at least 4 members (excludes halogenated alkanes) is 1. The second-order valence-corrected chi connectivity index (χ2v) is 4.57. The van der Waals surface area contributed by atoms with Gasteiger partial charge < -0.3 is 10.2 Å². The summed E-state index contributed by atoms with van der Waals surface area (Å²) in [4.78, 5) is 2.58. The third kappa shape index (κ3) is 3.06. The van der Waals surface area contributed by atoms with Crippen LogP contribution in [0.25, 0.3) is 0 Å². The van der Waals surface area contributed by atoms with Gasteiger partial charge >= 0.3 is 0 Å². The van der Waals surface area contributed by atoms with Gasteiger partial charge in [0, 0.05) is 25.7 Å². The van der Waals surface area contributed by atoms with Crippen LogP contribution in [0.1, 0.15) is 31.4 Å². The van der Waals surface area contributed by atoms with Gasteiger partial charge in [-0.3, -0.25) is 0 Å². The lowest BCUT2D eigenvalue weighted by molar-refractivity contribution is 0.198. The number of piperazine rings is 1. The van der Waals surface area contributed by atoms with Gasteiger partial charge in [-0.25, -0.2) is 0 Å². The highest BCUT2D eigenvalue weighted by Crippen LogP contribution is 2.16. The smallest absolute Gasteiger partial charge is 0.0449 e. The number of hydrogen-bond acceptors (Lipinski definition) is 2. The van der Waals surface area contributed by atoms with Crippen molar-refractivity contribution in [3.63, 3.8) is 0 Å². The maximum absolute atomic E-state index is 3.60. The molecule has 1 atom stereocenters. The third-order valence-corrected chi connectivity index (χ3v) is 3.29. The molecule has 2 nitrogen and oxygen atoms in total. The second-order valence-electron chi connectivity index (χ2n) is 4.57. The molecular weight excluding hydrogens is 196 g/mol. The second kappa shape index (κ2) is 6.02. The van der Waals surface area contributed by atoms with Gasteiger partial charge in [0.1, 0.15) is 0 Å². The van der Waals surface area contributed by atoms with E-state index in [0.29, 0.717) is 6.04 Å². The van der Waals surface area contributed by atoms with Gasteiger partial charge in [0.2, 0.25) is 0 Å². The fourth-order valence-electron chi connectivity index (χ4n) is 2.30. The van der Waals surface area contributed by atoms with Crippen molar-refractivity contribution >= 4 is 0 Å². The number of benzene rings is 1. The normalized spacial score (nSPS) is 22.2. The third-order valence-electron chi connectivity index (χ3n) is 3.29. The Morgan fingerprint density at radius 2 is 2.12 bits per heavy atom. The van der Waals surface area contributed by atoms with E-state index in [2.05, 4.69) is 47.5 Å². The van der Waals surface area contributed by atoms with E-state index in [1.807, 2.05) is 0 Å². The molecule has 1 heterocycles. The van der Waals surface area contributed by atoms with Crippen LogP contribution in [0.3, 0.4) is 0 Å². The van der Waals surface area contributed by atoms with Crippen LogP contribution in [-0.4, -0.2) is 31.1 Å². The van der Waals surface area contributed by atoms with Gasteiger partial charge in [0.15, 0.2) is 0 Å².